The predicted molar refractivity (Wildman–Crippen MR) is 182 cm³/mol. The van der Waals surface area contributed by atoms with Gasteiger partial charge in [-0.15, -0.1) is 0 Å². The lowest BCUT2D eigenvalue weighted by Crippen LogP contribution is -2.54. The number of aryl methyl sites for hydroxylation is 2. The molecule has 1 atom stereocenters. The number of benzene rings is 4. The minimum Gasteiger partial charge on any atom is -0.492 e. The number of amides is 2. The number of nitrogens with zero attached hydrogens (tertiary/aromatic N) is 2. The van der Waals surface area contributed by atoms with Crippen LogP contribution < -0.4 is 14.4 Å². The summed E-state index contributed by atoms with van der Waals surface area (Å²) in [5.41, 5.74) is 3.82. The molecule has 0 saturated heterocycles. The molecule has 9 heteroatoms. The number of rotatable bonds is 14. The summed E-state index contributed by atoms with van der Waals surface area (Å²) < 4.78 is 35.6. The van der Waals surface area contributed by atoms with E-state index in [4.69, 9.17) is 4.74 Å². The van der Waals surface area contributed by atoms with E-state index in [2.05, 4.69) is 5.32 Å². The molecule has 8 nitrogen and oxygen atoms in total. The minimum absolute atomic E-state index is 0.0426. The van der Waals surface area contributed by atoms with Crippen LogP contribution in [0.4, 0.5) is 5.69 Å². The van der Waals surface area contributed by atoms with Crippen LogP contribution in [0, 0.1) is 13.8 Å². The van der Waals surface area contributed by atoms with Gasteiger partial charge >= 0.3 is 0 Å². The van der Waals surface area contributed by atoms with Crippen molar-refractivity contribution in [2.75, 3.05) is 17.5 Å². The third-order valence-corrected chi connectivity index (χ3v) is 9.40. The third-order valence-electron chi connectivity index (χ3n) is 7.63. The Kier molecular flexibility index (Phi) is 11.6. The molecule has 242 valence electrons. The molecule has 0 aromatic heterocycles. The van der Waals surface area contributed by atoms with Crippen molar-refractivity contribution in [3.8, 4) is 5.75 Å². The summed E-state index contributed by atoms with van der Waals surface area (Å²) in [5.74, 6) is -0.508. The molecule has 46 heavy (non-hydrogen) atoms. The fraction of sp³-hybridized carbons (Fsp3) is 0.297. The van der Waals surface area contributed by atoms with E-state index in [1.165, 1.54) is 17.0 Å². The molecule has 4 aromatic rings. The maximum atomic E-state index is 14.7. The molecule has 0 spiro atoms. The molecule has 0 fully saturated rings. The molecule has 2 amide bonds. The quantitative estimate of drug-likeness (QED) is 0.181. The van der Waals surface area contributed by atoms with Crippen LogP contribution >= 0.6 is 0 Å². The summed E-state index contributed by atoms with van der Waals surface area (Å²) in [6, 6.07) is 29.4. The topological polar surface area (TPSA) is 96.0 Å². The second kappa shape index (κ2) is 15.6. The standard InChI is InChI=1S/C37H43N3O5S/c1-6-45-35-19-13-12-18-33(35)40(46(43,44)32-22-20-28(4)21-23-32)26-36(41)39(25-31-17-11-10-14-29(31)5)34(37(42)38-27(2)3)24-30-15-8-7-9-16-30/h7-23,27,34H,6,24-26H2,1-5H3,(H,38,42). The summed E-state index contributed by atoms with van der Waals surface area (Å²) in [5, 5.41) is 2.99. The molecule has 0 aliphatic rings. The molecule has 0 aliphatic heterocycles. The highest BCUT2D eigenvalue weighted by Gasteiger charge is 2.35. The van der Waals surface area contributed by atoms with Crippen LogP contribution in [-0.4, -0.2) is 50.4 Å². The van der Waals surface area contributed by atoms with Crippen LogP contribution in [0.15, 0.2) is 108 Å². The van der Waals surface area contributed by atoms with Crippen molar-refractivity contribution in [1.29, 1.82) is 0 Å². The zero-order chi connectivity index (χ0) is 33.3. The highest BCUT2D eigenvalue weighted by molar-refractivity contribution is 7.92. The van der Waals surface area contributed by atoms with Gasteiger partial charge in [0, 0.05) is 19.0 Å². The first-order chi connectivity index (χ1) is 22.0. The number of carbonyl (C=O) groups is 2. The van der Waals surface area contributed by atoms with E-state index < -0.39 is 28.5 Å². The SMILES string of the molecule is CCOc1ccccc1N(CC(=O)N(Cc1ccccc1C)C(Cc1ccccc1)C(=O)NC(C)C)S(=O)(=O)c1ccc(C)cc1. The van der Waals surface area contributed by atoms with Crippen molar-refractivity contribution in [2.45, 2.75) is 64.6 Å². The number of nitrogens with one attached hydrogen (secondary N) is 1. The Morgan fingerprint density at radius 1 is 0.826 bits per heavy atom. The number of ether oxygens (including phenoxy) is 1. The van der Waals surface area contributed by atoms with Crippen molar-refractivity contribution in [3.05, 3.63) is 125 Å². The maximum Gasteiger partial charge on any atom is 0.264 e. The zero-order valence-electron chi connectivity index (χ0n) is 27.1. The third kappa shape index (κ3) is 8.54. The van der Waals surface area contributed by atoms with E-state index in [0.717, 1.165) is 26.6 Å². The molecule has 0 radical (unpaired) electrons. The van der Waals surface area contributed by atoms with Gasteiger partial charge in [-0.25, -0.2) is 8.42 Å². The molecule has 1 unspecified atom stereocenters. The second-order valence-electron chi connectivity index (χ2n) is 11.5. The van der Waals surface area contributed by atoms with Crippen molar-refractivity contribution in [1.82, 2.24) is 10.2 Å². The van der Waals surface area contributed by atoms with Gasteiger partial charge in [0.15, 0.2) is 0 Å². The normalized spacial score (nSPS) is 12.0. The average molecular weight is 642 g/mol. The zero-order valence-corrected chi connectivity index (χ0v) is 28.0. The average Bonchev–Trinajstić information content (AvgIpc) is 3.03. The summed E-state index contributed by atoms with van der Waals surface area (Å²) in [6.45, 7) is 9.23. The van der Waals surface area contributed by atoms with Gasteiger partial charge in [0.05, 0.1) is 17.2 Å². The van der Waals surface area contributed by atoms with E-state index >= 15 is 0 Å². The van der Waals surface area contributed by atoms with Crippen molar-refractivity contribution in [2.24, 2.45) is 0 Å². The van der Waals surface area contributed by atoms with E-state index in [9.17, 15) is 18.0 Å². The Morgan fingerprint density at radius 2 is 1.46 bits per heavy atom. The van der Waals surface area contributed by atoms with Crippen LogP contribution in [0.25, 0.3) is 0 Å². The highest BCUT2D eigenvalue weighted by atomic mass is 32.2. The van der Waals surface area contributed by atoms with E-state index in [0.29, 0.717) is 12.4 Å². The molecular formula is C37H43N3O5S. The van der Waals surface area contributed by atoms with Crippen LogP contribution in [0.1, 0.15) is 43.0 Å². The van der Waals surface area contributed by atoms with Crippen LogP contribution in [-0.2, 0) is 32.6 Å². The molecule has 4 aromatic carbocycles. The van der Waals surface area contributed by atoms with Crippen LogP contribution in [0.2, 0.25) is 0 Å². The molecule has 0 heterocycles. The number of anilines is 1. The Balaban J connectivity index is 1.85. The second-order valence-corrected chi connectivity index (χ2v) is 13.4. The lowest BCUT2D eigenvalue weighted by atomic mass is 10.0. The van der Waals surface area contributed by atoms with Crippen molar-refractivity contribution >= 4 is 27.5 Å². The van der Waals surface area contributed by atoms with E-state index in [-0.39, 0.29) is 35.5 Å². The van der Waals surface area contributed by atoms with Gasteiger partial charge in [0.1, 0.15) is 18.3 Å². The summed E-state index contributed by atoms with van der Waals surface area (Å²) in [6.07, 6.45) is 0.247. The van der Waals surface area contributed by atoms with Gasteiger partial charge in [0.2, 0.25) is 11.8 Å². The summed E-state index contributed by atoms with van der Waals surface area (Å²) >= 11 is 0. The molecule has 4 rings (SSSR count). The number of hydrogen-bond donors (Lipinski definition) is 1. The largest absolute Gasteiger partial charge is 0.492 e. The molecule has 1 N–H and O–H groups in total. The lowest BCUT2D eigenvalue weighted by Gasteiger charge is -2.34. The molecule has 0 saturated carbocycles. The van der Waals surface area contributed by atoms with Gasteiger partial charge in [-0.05, 0) is 75.6 Å². The Labute approximate surface area is 273 Å². The molecule has 0 aliphatic carbocycles. The fourth-order valence-electron chi connectivity index (χ4n) is 5.20. The monoisotopic (exact) mass is 641 g/mol. The van der Waals surface area contributed by atoms with Gasteiger partial charge in [-0.3, -0.25) is 13.9 Å². The molecular weight excluding hydrogens is 598 g/mol. The first-order valence-corrected chi connectivity index (χ1v) is 16.9. The number of para-hydroxylation sites is 2. The highest BCUT2D eigenvalue weighted by Crippen LogP contribution is 2.33. The van der Waals surface area contributed by atoms with Crippen LogP contribution in [0.3, 0.4) is 0 Å². The van der Waals surface area contributed by atoms with Gasteiger partial charge in [-0.2, -0.15) is 0 Å². The van der Waals surface area contributed by atoms with Gasteiger partial charge < -0.3 is 15.0 Å². The van der Waals surface area contributed by atoms with Crippen LogP contribution in [0.5, 0.6) is 5.75 Å². The predicted octanol–water partition coefficient (Wildman–Crippen LogP) is 6.06. The van der Waals surface area contributed by atoms with E-state index in [1.54, 1.807) is 36.4 Å². The fourth-order valence-corrected chi connectivity index (χ4v) is 6.62. The Morgan fingerprint density at radius 3 is 2.11 bits per heavy atom. The maximum absolute atomic E-state index is 14.7. The summed E-state index contributed by atoms with van der Waals surface area (Å²) in [7, 11) is -4.24. The van der Waals surface area contributed by atoms with Crippen molar-refractivity contribution < 1.29 is 22.7 Å². The first kappa shape index (κ1) is 34.2. The Hall–Kier alpha value is -4.63. The number of carbonyl (C=O) groups excluding carboxylic acids is 2. The lowest BCUT2D eigenvalue weighted by molar-refractivity contribution is -0.140. The molecule has 0 bridgehead atoms. The van der Waals surface area contributed by atoms with Crippen molar-refractivity contribution in [3.63, 3.8) is 0 Å². The summed E-state index contributed by atoms with van der Waals surface area (Å²) in [4.78, 5) is 30.1. The van der Waals surface area contributed by atoms with Gasteiger partial charge in [-0.1, -0.05) is 84.4 Å². The number of sulfonamides is 1. The Bertz CT molecular complexity index is 1720. The smallest absolute Gasteiger partial charge is 0.264 e. The number of hydrogen-bond acceptors (Lipinski definition) is 5. The minimum atomic E-state index is -4.24. The van der Waals surface area contributed by atoms with E-state index in [1.807, 2.05) is 89.2 Å². The first-order valence-electron chi connectivity index (χ1n) is 15.5. The van der Waals surface area contributed by atoms with Gasteiger partial charge in [0.25, 0.3) is 10.0 Å².